The van der Waals surface area contributed by atoms with Crippen molar-refractivity contribution in [3.8, 4) is 0 Å². The molecule has 0 saturated carbocycles. The molecule has 2 aliphatic heterocycles. The van der Waals surface area contributed by atoms with Crippen molar-refractivity contribution < 1.29 is 9.90 Å². The number of anilines is 1. The van der Waals surface area contributed by atoms with Crippen molar-refractivity contribution in [2.75, 3.05) is 18.4 Å². The first-order valence-corrected chi connectivity index (χ1v) is 9.49. The molecule has 4 nitrogen and oxygen atoms in total. The Hall–Kier alpha value is -2.33. The third-order valence-electron chi connectivity index (χ3n) is 5.52. The first kappa shape index (κ1) is 17.1. The SMILES string of the molecule is Cc1cccc([C@@H]2CCc3cc(CC(=O)N4CCC(O)C4)ccc3N2)c1. The second kappa shape index (κ2) is 7.12. The third kappa shape index (κ3) is 3.61. The highest BCUT2D eigenvalue weighted by Gasteiger charge is 2.25. The van der Waals surface area contributed by atoms with Crippen LogP contribution in [0.4, 0.5) is 5.69 Å². The molecule has 1 unspecified atom stereocenters. The van der Waals surface area contributed by atoms with E-state index >= 15 is 0 Å². The Morgan fingerprint density at radius 3 is 2.88 bits per heavy atom. The van der Waals surface area contributed by atoms with E-state index in [1.807, 2.05) is 0 Å². The number of nitrogens with one attached hydrogen (secondary N) is 1. The van der Waals surface area contributed by atoms with Crippen LogP contribution < -0.4 is 5.32 Å². The zero-order chi connectivity index (χ0) is 18.1. The van der Waals surface area contributed by atoms with Crippen molar-refractivity contribution in [1.82, 2.24) is 4.90 Å². The highest BCUT2D eigenvalue weighted by atomic mass is 16.3. The number of nitrogens with zero attached hydrogens (tertiary/aromatic N) is 1. The Morgan fingerprint density at radius 1 is 1.23 bits per heavy atom. The molecule has 136 valence electrons. The number of benzene rings is 2. The molecule has 0 aromatic heterocycles. The van der Waals surface area contributed by atoms with Gasteiger partial charge in [-0.2, -0.15) is 0 Å². The van der Waals surface area contributed by atoms with Crippen LogP contribution in [0.15, 0.2) is 42.5 Å². The van der Waals surface area contributed by atoms with Crippen LogP contribution in [0.25, 0.3) is 0 Å². The zero-order valence-corrected chi connectivity index (χ0v) is 15.2. The Bertz CT molecular complexity index is 818. The number of hydrogen-bond donors (Lipinski definition) is 2. The summed E-state index contributed by atoms with van der Waals surface area (Å²) in [6.07, 6.45) is 2.84. The van der Waals surface area contributed by atoms with Crippen LogP contribution in [0.3, 0.4) is 0 Å². The predicted octanol–water partition coefficient (Wildman–Crippen LogP) is 3.23. The molecular weight excluding hydrogens is 324 g/mol. The van der Waals surface area contributed by atoms with Crippen molar-refractivity contribution in [3.63, 3.8) is 0 Å². The maximum absolute atomic E-state index is 12.4. The first-order valence-electron chi connectivity index (χ1n) is 9.49. The molecule has 0 aliphatic carbocycles. The molecule has 2 aromatic carbocycles. The summed E-state index contributed by atoms with van der Waals surface area (Å²) in [6.45, 7) is 3.27. The number of aryl methyl sites for hydroxylation is 2. The maximum Gasteiger partial charge on any atom is 0.227 e. The number of fused-ring (bicyclic) bond motifs is 1. The smallest absolute Gasteiger partial charge is 0.227 e. The number of amides is 1. The number of likely N-dealkylation sites (tertiary alicyclic amines) is 1. The third-order valence-corrected chi connectivity index (χ3v) is 5.52. The van der Waals surface area contributed by atoms with Crippen molar-refractivity contribution in [1.29, 1.82) is 0 Å². The van der Waals surface area contributed by atoms with E-state index in [1.54, 1.807) is 4.90 Å². The van der Waals surface area contributed by atoms with Crippen molar-refractivity contribution in [2.45, 2.75) is 44.8 Å². The van der Waals surface area contributed by atoms with E-state index in [9.17, 15) is 9.90 Å². The van der Waals surface area contributed by atoms with Crippen molar-refractivity contribution in [3.05, 3.63) is 64.7 Å². The number of aliphatic hydroxyl groups is 1. The van der Waals surface area contributed by atoms with Crippen LogP contribution in [0.5, 0.6) is 0 Å². The van der Waals surface area contributed by atoms with Gasteiger partial charge in [0.15, 0.2) is 0 Å². The molecule has 2 aliphatic rings. The molecule has 0 bridgehead atoms. The van der Waals surface area contributed by atoms with Crippen molar-refractivity contribution in [2.24, 2.45) is 0 Å². The van der Waals surface area contributed by atoms with E-state index in [2.05, 4.69) is 54.7 Å². The molecule has 2 heterocycles. The quantitative estimate of drug-likeness (QED) is 0.894. The molecule has 26 heavy (non-hydrogen) atoms. The van der Waals surface area contributed by atoms with E-state index in [1.165, 1.54) is 22.4 Å². The number of β-amino-alcohol motifs (C(OH)–C–C–N with tert-alkyl or cyclic N) is 1. The second-order valence-electron chi connectivity index (χ2n) is 7.60. The zero-order valence-electron chi connectivity index (χ0n) is 15.2. The normalized spacial score (nSPS) is 22.0. The van der Waals surface area contributed by atoms with Gasteiger partial charge in [-0.25, -0.2) is 0 Å². The predicted molar refractivity (Wildman–Crippen MR) is 103 cm³/mol. The van der Waals surface area contributed by atoms with E-state index in [0.29, 0.717) is 32.0 Å². The van der Waals surface area contributed by atoms with Gasteiger partial charge in [0.2, 0.25) is 5.91 Å². The molecule has 0 spiro atoms. The largest absolute Gasteiger partial charge is 0.391 e. The summed E-state index contributed by atoms with van der Waals surface area (Å²) in [6, 6.07) is 15.4. The van der Waals surface area contributed by atoms with Gasteiger partial charge < -0.3 is 15.3 Å². The second-order valence-corrected chi connectivity index (χ2v) is 7.60. The van der Waals surface area contributed by atoms with Gasteiger partial charge in [0, 0.05) is 18.8 Å². The van der Waals surface area contributed by atoms with Crippen LogP contribution in [0.1, 0.15) is 41.1 Å². The summed E-state index contributed by atoms with van der Waals surface area (Å²) in [5, 5.41) is 13.3. The number of carbonyl (C=O) groups is 1. The van der Waals surface area contributed by atoms with Crippen LogP contribution in [-0.2, 0) is 17.6 Å². The van der Waals surface area contributed by atoms with Gasteiger partial charge in [-0.15, -0.1) is 0 Å². The van der Waals surface area contributed by atoms with Gasteiger partial charge >= 0.3 is 0 Å². The van der Waals surface area contributed by atoms with Gasteiger partial charge in [-0.3, -0.25) is 4.79 Å². The summed E-state index contributed by atoms with van der Waals surface area (Å²) in [5.74, 6) is 0.114. The average molecular weight is 350 g/mol. The number of rotatable bonds is 3. The fourth-order valence-electron chi connectivity index (χ4n) is 4.06. The van der Waals surface area contributed by atoms with E-state index in [-0.39, 0.29) is 12.0 Å². The Morgan fingerprint density at radius 2 is 2.12 bits per heavy atom. The lowest BCUT2D eigenvalue weighted by Gasteiger charge is -2.28. The highest BCUT2D eigenvalue weighted by molar-refractivity contribution is 5.79. The highest BCUT2D eigenvalue weighted by Crippen LogP contribution is 2.33. The molecule has 1 saturated heterocycles. The number of carbonyl (C=O) groups excluding carboxylic acids is 1. The minimum Gasteiger partial charge on any atom is -0.391 e. The molecule has 1 fully saturated rings. The number of aliphatic hydroxyl groups excluding tert-OH is 1. The molecule has 1 amide bonds. The average Bonchev–Trinajstić information content (AvgIpc) is 3.08. The lowest BCUT2D eigenvalue weighted by Crippen LogP contribution is -2.30. The summed E-state index contributed by atoms with van der Waals surface area (Å²) in [4.78, 5) is 14.2. The Kier molecular flexibility index (Phi) is 4.68. The number of hydrogen-bond acceptors (Lipinski definition) is 3. The maximum atomic E-state index is 12.4. The van der Waals surface area contributed by atoms with Crippen LogP contribution in [-0.4, -0.2) is 35.1 Å². The van der Waals surface area contributed by atoms with Gasteiger partial charge in [-0.1, -0.05) is 42.0 Å². The Labute approximate surface area is 154 Å². The van der Waals surface area contributed by atoms with Crippen molar-refractivity contribution >= 4 is 11.6 Å². The summed E-state index contributed by atoms with van der Waals surface area (Å²) < 4.78 is 0. The summed E-state index contributed by atoms with van der Waals surface area (Å²) in [5.41, 5.74) is 6.15. The lowest BCUT2D eigenvalue weighted by atomic mass is 9.91. The van der Waals surface area contributed by atoms with Crippen LogP contribution >= 0.6 is 0 Å². The molecule has 2 aromatic rings. The summed E-state index contributed by atoms with van der Waals surface area (Å²) >= 11 is 0. The molecule has 4 rings (SSSR count). The van der Waals surface area contributed by atoms with Crippen LogP contribution in [0, 0.1) is 6.92 Å². The minimum atomic E-state index is -0.356. The van der Waals surface area contributed by atoms with Crippen LogP contribution in [0.2, 0.25) is 0 Å². The van der Waals surface area contributed by atoms with Gasteiger partial charge in [-0.05, 0) is 48.9 Å². The summed E-state index contributed by atoms with van der Waals surface area (Å²) in [7, 11) is 0. The lowest BCUT2D eigenvalue weighted by molar-refractivity contribution is -0.129. The molecule has 4 heteroatoms. The molecular formula is C22H26N2O2. The first-order chi connectivity index (χ1) is 12.6. The van der Waals surface area contributed by atoms with E-state index < -0.39 is 0 Å². The Balaban J connectivity index is 1.44. The molecule has 2 N–H and O–H groups in total. The van der Waals surface area contributed by atoms with E-state index in [4.69, 9.17) is 0 Å². The molecule has 2 atom stereocenters. The minimum absolute atomic E-state index is 0.114. The monoisotopic (exact) mass is 350 g/mol. The topological polar surface area (TPSA) is 52.6 Å². The van der Waals surface area contributed by atoms with Gasteiger partial charge in [0.05, 0.1) is 18.6 Å². The fraction of sp³-hybridized carbons (Fsp3) is 0.409. The van der Waals surface area contributed by atoms with E-state index in [0.717, 1.165) is 18.4 Å². The standard InChI is InChI=1S/C22H26N2O2/c1-15-3-2-4-17(11-15)21-8-6-18-12-16(5-7-20(18)23-21)13-22(26)24-10-9-19(25)14-24/h2-5,7,11-12,19,21,23,25H,6,8-10,13-14H2,1H3/t19?,21-/m0/s1. The fourth-order valence-corrected chi connectivity index (χ4v) is 4.06. The van der Waals surface area contributed by atoms with Gasteiger partial charge in [0.1, 0.15) is 0 Å². The van der Waals surface area contributed by atoms with Gasteiger partial charge in [0.25, 0.3) is 0 Å². The molecule has 0 radical (unpaired) electrons.